The lowest BCUT2D eigenvalue weighted by molar-refractivity contribution is -0.147. The van der Waals surface area contributed by atoms with Crippen LogP contribution in [0.2, 0.25) is 0 Å². The van der Waals surface area contributed by atoms with Crippen molar-refractivity contribution in [2.45, 2.75) is 45.4 Å². The molecular weight excluding hydrogens is 322 g/mol. The fourth-order valence-electron chi connectivity index (χ4n) is 3.06. The molecule has 2 N–H and O–H groups in total. The van der Waals surface area contributed by atoms with Crippen molar-refractivity contribution < 1.29 is 24.2 Å². The Kier molecular flexibility index (Phi) is 6.98. The summed E-state index contributed by atoms with van der Waals surface area (Å²) in [5, 5.41) is 12.0. The second-order valence-corrected chi connectivity index (χ2v) is 6.39. The number of carbonyl (C=O) groups is 3. The monoisotopic (exact) mass is 347 g/mol. The molecule has 2 rings (SSSR count). The van der Waals surface area contributed by atoms with Crippen LogP contribution in [-0.4, -0.2) is 29.6 Å². The van der Waals surface area contributed by atoms with Gasteiger partial charge in [0.15, 0.2) is 0 Å². The maximum Gasteiger partial charge on any atom is 0.338 e. The minimum Gasteiger partial charge on any atom is -0.481 e. The van der Waals surface area contributed by atoms with E-state index >= 15 is 0 Å². The first-order valence-corrected chi connectivity index (χ1v) is 8.83. The first-order valence-electron chi connectivity index (χ1n) is 8.83. The molecule has 0 heterocycles. The van der Waals surface area contributed by atoms with Gasteiger partial charge in [-0.2, -0.15) is 0 Å². The number of aliphatic carboxylic acids is 1. The van der Waals surface area contributed by atoms with Crippen LogP contribution in [-0.2, 0) is 14.3 Å². The zero-order valence-electron chi connectivity index (χ0n) is 14.5. The van der Waals surface area contributed by atoms with Crippen molar-refractivity contribution in [3.05, 3.63) is 29.8 Å². The molecule has 1 fully saturated rings. The van der Waals surface area contributed by atoms with Crippen LogP contribution in [0, 0.1) is 11.8 Å². The number of hydrogen-bond donors (Lipinski definition) is 2. The Balaban J connectivity index is 1.94. The third-order valence-corrected chi connectivity index (χ3v) is 4.54. The van der Waals surface area contributed by atoms with Gasteiger partial charge in [-0.15, -0.1) is 0 Å². The molecule has 136 valence electrons. The van der Waals surface area contributed by atoms with E-state index in [1.165, 1.54) is 0 Å². The number of ether oxygens (including phenoxy) is 1. The van der Waals surface area contributed by atoms with Crippen LogP contribution >= 0.6 is 0 Å². The lowest BCUT2D eigenvalue weighted by atomic mass is 9.78. The average Bonchev–Trinajstić information content (AvgIpc) is 2.62. The van der Waals surface area contributed by atoms with E-state index in [2.05, 4.69) is 5.32 Å². The predicted octanol–water partition coefficient (Wildman–Crippen LogP) is 3.47. The summed E-state index contributed by atoms with van der Waals surface area (Å²) in [4.78, 5) is 35.6. The van der Waals surface area contributed by atoms with Gasteiger partial charge < -0.3 is 15.2 Å². The predicted molar refractivity (Wildman–Crippen MR) is 93.3 cm³/mol. The van der Waals surface area contributed by atoms with E-state index < -0.39 is 17.8 Å². The second-order valence-electron chi connectivity index (χ2n) is 6.39. The number of carbonyl (C=O) groups excluding carboxylic acids is 2. The Morgan fingerprint density at radius 3 is 2.36 bits per heavy atom. The number of hydrogen-bond acceptors (Lipinski definition) is 4. The molecule has 0 saturated heterocycles. The highest BCUT2D eigenvalue weighted by Crippen LogP contribution is 2.31. The zero-order chi connectivity index (χ0) is 18.2. The summed E-state index contributed by atoms with van der Waals surface area (Å²) in [5.41, 5.74) is 0.972. The van der Waals surface area contributed by atoms with E-state index in [9.17, 15) is 19.5 Å². The maximum absolute atomic E-state index is 12.4. The third kappa shape index (κ3) is 5.31. The molecule has 0 spiro atoms. The molecule has 25 heavy (non-hydrogen) atoms. The largest absolute Gasteiger partial charge is 0.481 e. The fourth-order valence-corrected chi connectivity index (χ4v) is 3.06. The quantitative estimate of drug-likeness (QED) is 0.582. The summed E-state index contributed by atoms with van der Waals surface area (Å²) >= 11 is 0. The van der Waals surface area contributed by atoms with E-state index in [1.54, 1.807) is 24.3 Å². The molecule has 0 aromatic heterocycles. The van der Waals surface area contributed by atoms with Crippen molar-refractivity contribution in [1.29, 1.82) is 0 Å². The van der Waals surface area contributed by atoms with Crippen LogP contribution < -0.4 is 5.32 Å². The Morgan fingerprint density at radius 1 is 1.12 bits per heavy atom. The topological polar surface area (TPSA) is 92.7 Å². The van der Waals surface area contributed by atoms with Gasteiger partial charge in [-0.25, -0.2) is 4.79 Å². The zero-order valence-corrected chi connectivity index (χ0v) is 14.5. The number of carboxylic acids is 1. The van der Waals surface area contributed by atoms with Crippen molar-refractivity contribution in [3.8, 4) is 0 Å². The minimum atomic E-state index is -0.912. The van der Waals surface area contributed by atoms with Crippen molar-refractivity contribution in [2.75, 3.05) is 11.9 Å². The summed E-state index contributed by atoms with van der Waals surface area (Å²) in [7, 11) is 0. The first kappa shape index (κ1) is 19.0. The number of anilines is 1. The number of benzene rings is 1. The van der Waals surface area contributed by atoms with Crippen molar-refractivity contribution >= 4 is 23.5 Å². The lowest BCUT2D eigenvalue weighted by Crippen LogP contribution is -2.36. The number of amides is 1. The van der Waals surface area contributed by atoms with E-state index in [4.69, 9.17) is 4.74 Å². The number of unbranched alkanes of at least 4 members (excludes halogenated alkanes) is 1. The first-order chi connectivity index (χ1) is 12.0. The molecule has 1 aromatic rings. The smallest absolute Gasteiger partial charge is 0.338 e. The number of nitrogens with one attached hydrogen (secondary N) is 1. The highest BCUT2D eigenvalue weighted by atomic mass is 16.5. The van der Waals surface area contributed by atoms with Crippen LogP contribution in [0.15, 0.2) is 24.3 Å². The number of carboxylic acid groups (broad SMARTS) is 1. The van der Waals surface area contributed by atoms with Gasteiger partial charge in [0.2, 0.25) is 5.91 Å². The van der Waals surface area contributed by atoms with E-state index in [0.29, 0.717) is 30.7 Å². The number of esters is 1. The Morgan fingerprint density at radius 2 is 1.76 bits per heavy atom. The standard InChI is InChI=1S/C19H25NO5/c1-2-3-12-25-19(24)13-8-10-14(11-9-13)20-17(21)15-6-4-5-7-16(15)18(22)23/h8-11,15-16H,2-7,12H2,1H3,(H,20,21)(H,22,23)/t15-,16-/m0/s1. The molecule has 2 atom stereocenters. The van der Waals surface area contributed by atoms with Crippen molar-refractivity contribution in [1.82, 2.24) is 0 Å². The third-order valence-electron chi connectivity index (χ3n) is 4.54. The summed E-state index contributed by atoms with van der Waals surface area (Å²) in [5.74, 6) is -2.70. The van der Waals surface area contributed by atoms with Crippen LogP contribution in [0.25, 0.3) is 0 Å². The molecule has 6 nitrogen and oxygen atoms in total. The summed E-state index contributed by atoms with van der Waals surface area (Å²) < 4.78 is 5.13. The molecular formula is C19H25NO5. The van der Waals surface area contributed by atoms with Crippen molar-refractivity contribution in [3.63, 3.8) is 0 Å². The molecule has 0 aliphatic heterocycles. The van der Waals surface area contributed by atoms with Gasteiger partial charge in [-0.3, -0.25) is 9.59 Å². The normalized spacial score (nSPS) is 19.9. The number of rotatable bonds is 7. The van der Waals surface area contributed by atoms with Gasteiger partial charge in [-0.1, -0.05) is 26.2 Å². The van der Waals surface area contributed by atoms with Crippen LogP contribution in [0.4, 0.5) is 5.69 Å². The van der Waals surface area contributed by atoms with Gasteiger partial charge >= 0.3 is 11.9 Å². The van der Waals surface area contributed by atoms with E-state index in [1.807, 2.05) is 6.92 Å². The van der Waals surface area contributed by atoms with Crippen LogP contribution in [0.3, 0.4) is 0 Å². The Bertz CT molecular complexity index is 611. The van der Waals surface area contributed by atoms with Gasteiger partial charge in [0, 0.05) is 5.69 Å². The van der Waals surface area contributed by atoms with Gasteiger partial charge in [0.25, 0.3) is 0 Å². The summed E-state index contributed by atoms with van der Waals surface area (Å²) in [6.45, 7) is 2.42. The Hall–Kier alpha value is -2.37. The molecule has 0 unspecified atom stereocenters. The lowest BCUT2D eigenvalue weighted by Gasteiger charge is -2.27. The molecule has 1 saturated carbocycles. The maximum atomic E-state index is 12.4. The summed E-state index contributed by atoms with van der Waals surface area (Å²) in [6.07, 6.45) is 4.61. The highest BCUT2D eigenvalue weighted by Gasteiger charge is 2.35. The molecule has 0 radical (unpaired) electrons. The molecule has 1 amide bonds. The minimum absolute atomic E-state index is 0.273. The van der Waals surface area contributed by atoms with Crippen LogP contribution in [0.1, 0.15) is 55.8 Å². The SMILES string of the molecule is CCCCOC(=O)c1ccc(NC(=O)[C@H]2CCCC[C@@H]2C(=O)O)cc1. The fraction of sp³-hybridized carbons (Fsp3) is 0.526. The molecule has 1 aliphatic rings. The van der Waals surface area contributed by atoms with Gasteiger partial charge in [0.05, 0.1) is 24.0 Å². The average molecular weight is 347 g/mol. The van der Waals surface area contributed by atoms with Crippen LogP contribution in [0.5, 0.6) is 0 Å². The second kappa shape index (κ2) is 9.20. The molecule has 6 heteroatoms. The van der Waals surface area contributed by atoms with E-state index in [-0.39, 0.29) is 11.9 Å². The molecule has 1 aliphatic carbocycles. The van der Waals surface area contributed by atoms with Gasteiger partial charge in [0.1, 0.15) is 0 Å². The molecule has 1 aromatic carbocycles. The van der Waals surface area contributed by atoms with E-state index in [0.717, 1.165) is 25.7 Å². The molecule has 0 bridgehead atoms. The Labute approximate surface area is 147 Å². The highest BCUT2D eigenvalue weighted by molar-refractivity contribution is 5.96. The van der Waals surface area contributed by atoms with Gasteiger partial charge in [-0.05, 0) is 43.5 Å². The van der Waals surface area contributed by atoms with Crippen molar-refractivity contribution in [2.24, 2.45) is 11.8 Å². The summed E-state index contributed by atoms with van der Waals surface area (Å²) in [6, 6.07) is 6.46.